The Kier molecular flexibility index (Phi) is 7.06. The van der Waals surface area contributed by atoms with Gasteiger partial charge in [-0.05, 0) is 37.6 Å². The molecule has 1 rings (SSSR count). The van der Waals surface area contributed by atoms with Crippen LogP contribution in [-0.4, -0.2) is 38.6 Å². The van der Waals surface area contributed by atoms with E-state index in [1.54, 1.807) is 6.07 Å². The molecule has 0 saturated carbocycles. The van der Waals surface area contributed by atoms with E-state index in [4.69, 9.17) is 11.6 Å². The van der Waals surface area contributed by atoms with Crippen LogP contribution in [0.3, 0.4) is 0 Å². The number of benzene rings is 1. The maximum absolute atomic E-state index is 13.0. The van der Waals surface area contributed by atoms with Crippen molar-refractivity contribution in [2.45, 2.75) is 26.3 Å². The number of nitrogens with one attached hydrogen (secondary N) is 1. The molecule has 0 fully saturated rings. The summed E-state index contributed by atoms with van der Waals surface area (Å²) in [5, 5.41) is 3.65. The van der Waals surface area contributed by atoms with Crippen molar-refractivity contribution in [2.75, 3.05) is 25.9 Å². The van der Waals surface area contributed by atoms with E-state index in [-0.39, 0.29) is 11.9 Å². The van der Waals surface area contributed by atoms with E-state index in [0.717, 1.165) is 5.56 Å². The Bertz CT molecular complexity index is 566. The van der Waals surface area contributed by atoms with Gasteiger partial charge in [0.1, 0.15) is 5.82 Å². The van der Waals surface area contributed by atoms with Gasteiger partial charge in [-0.15, -0.1) is 0 Å². The van der Waals surface area contributed by atoms with Gasteiger partial charge >= 0.3 is 0 Å². The molecule has 0 heterocycles. The van der Waals surface area contributed by atoms with Gasteiger partial charge < -0.3 is 5.32 Å². The summed E-state index contributed by atoms with van der Waals surface area (Å²) in [6, 6.07) is 4.30. The molecule has 7 heteroatoms. The highest BCUT2D eigenvalue weighted by Crippen LogP contribution is 2.23. The summed E-state index contributed by atoms with van der Waals surface area (Å²) >= 11 is 6.00. The predicted molar refractivity (Wildman–Crippen MR) is 84.5 cm³/mol. The van der Waals surface area contributed by atoms with Crippen molar-refractivity contribution in [1.29, 1.82) is 0 Å². The molecule has 0 aromatic heterocycles. The highest BCUT2D eigenvalue weighted by Gasteiger charge is 2.14. The lowest BCUT2D eigenvalue weighted by Gasteiger charge is -2.19. The minimum Gasteiger partial charge on any atom is -0.310 e. The maximum Gasteiger partial charge on any atom is 0.211 e. The van der Waals surface area contributed by atoms with E-state index in [2.05, 4.69) is 5.32 Å². The van der Waals surface area contributed by atoms with Gasteiger partial charge in [0, 0.05) is 24.2 Å². The summed E-state index contributed by atoms with van der Waals surface area (Å²) < 4.78 is 37.3. The summed E-state index contributed by atoms with van der Waals surface area (Å²) in [4.78, 5) is 0. The standard InChI is InChI=1S/C14H22ClFN2O2S/c1-4-18(21(3,19)20)9-5-8-17-11(2)13-7-6-12(16)10-14(13)15/h6-7,10-11,17H,4-5,8-9H2,1-3H3. The van der Waals surface area contributed by atoms with Crippen LogP contribution < -0.4 is 5.32 Å². The zero-order valence-electron chi connectivity index (χ0n) is 12.6. The molecule has 0 spiro atoms. The smallest absolute Gasteiger partial charge is 0.211 e. The maximum atomic E-state index is 13.0. The van der Waals surface area contributed by atoms with E-state index in [1.807, 2.05) is 13.8 Å². The van der Waals surface area contributed by atoms with Crippen molar-refractivity contribution in [3.8, 4) is 0 Å². The minimum atomic E-state index is -3.14. The van der Waals surface area contributed by atoms with Crippen LogP contribution in [0.5, 0.6) is 0 Å². The third-order valence-electron chi connectivity index (χ3n) is 3.29. The molecular weight excluding hydrogens is 315 g/mol. The van der Waals surface area contributed by atoms with E-state index >= 15 is 0 Å². The number of nitrogens with zero attached hydrogens (tertiary/aromatic N) is 1. The summed E-state index contributed by atoms with van der Waals surface area (Å²) in [6.45, 7) is 5.36. The summed E-state index contributed by atoms with van der Waals surface area (Å²) in [6.07, 6.45) is 1.91. The molecule has 120 valence electrons. The largest absolute Gasteiger partial charge is 0.310 e. The van der Waals surface area contributed by atoms with Gasteiger partial charge in [-0.25, -0.2) is 17.1 Å². The molecule has 1 atom stereocenters. The normalized spacial score (nSPS) is 13.6. The Labute approximate surface area is 131 Å². The molecule has 0 bridgehead atoms. The lowest BCUT2D eigenvalue weighted by Crippen LogP contribution is -2.32. The Morgan fingerprint density at radius 1 is 1.43 bits per heavy atom. The van der Waals surface area contributed by atoms with Gasteiger partial charge in [0.05, 0.1) is 6.26 Å². The van der Waals surface area contributed by atoms with Crippen molar-refractivity contribution >= 4 is 21.6 Å². The van der Waals surface area contributed by atoms with Crippen LogP contribution in [0.4, 0.5) is 4.39 Å². The molecule has 4 nitrogen and oxygen atoms in total. The summed E-state index contributed by atoms with van der Waals surface area (Å²) in [5.74, 6) is -0.359. The third kappa shape index (κ3) is 5.90. The lowest BCUT2D eigenvalue weighted by molar-refractivity contribution is 0.413. The molecule has 21 heavy (non-hydrogen) atoms. The first kappa shape index (κ1) is 18.4. The molecule has 0 aliphatic rings. The Morgan fingerprint density at radius 2 is 2.10 bits per heavy atom. The average Bonchev–Trinajstić information content (AvgIpc) is 2.36. The first-order valence-corrected chi connectivity index (χ1v) is 9.11. The molecular formula is C14H22ClFN2O2S. The van der Waals surface area contributed by atoms with Crippen LogP contribution in [-0.2, 0) is 10.0 Å². The summed E-state index contributed by atoms with van der Waals surface area (Å²) in [7, 11) is -3.14. The molecule has 0 aliphatic carbocycles. The van der Waals surface area contributed by atoms with Gasteiger partial charge in [0.2, 0.25) is 10.0 Å². The molecule has 0 radical (unpaired) electrons. The quantitative estimate of drug-likeness (QED) is 0.743. The number of sulfonamides is 1. The first-order chi connectivity index (χ1) is 9.75. The molecule has 1 unspecified atom stereocenters. The molecule has 1 aromatic rings. The molecule has 0 saturated heterocycles. The van der Waals surface area contributed by atoms with Crippen LogP contribution in [0.15, 0.2) is 18.2 Å². The zero-order valence-corrected chi connectivity index (χ0v) is 14.1. The van der Waals surface area contributed by atoms with Crippen LogP contribution in [0, 0.1) is 5.82 Å². The summed E-state index contributed by atoms with van der Waals surface area (Å²) in [5.41, 5.74) is 0.827. The second-order valence-electron chi connectivity index (χ2n) is 4.95. The molecule has 0 amide bonds. The lowest BCUT2D eigenvalue weighted by atomic mass is 10.1. The van der Waals surface area contributed by atoms with E-state index in [1.165, 1.54) is 22.7 Å². The van der Waals surface area contributed by atoms with Crippen molar-refractivity contribution in [1.82, 2.24) is 9.62 Å². The number of halogens is 2. The Balaban J connectivity index is 2.45. The van der Waals surface area contributed by atoms with E-state index < -0.39 is 10.0 Å². The Hall–Kier alpha value is -0.690. The molecule has 0 aliphatic heterocycles. The monoisotopic (exact) mass is 336 g/mol. The van der Waals surface area contributed by atoms with Gasteiger partial charge in [-0.1, -0.05) is 24.6 Å². The topological polar surface area (TPSA) is 49.4 Å². The van der Waals surface area contributed by atoms with Gasteiger partial charge in [-0.3, -0.25) is 0 Å². The Morgan fingerprint density at radius 3 is 2.62 bits per heavy atom. The highest BCUT2D eigenvalue weighted by atomic mass is 35.5. The predicted octanol–water partition coefficient (Wildman–Crippen LogP) is 2.80. The van der Waals surface area contributed by atoms with Crippen LogP contribution in [0.2, 0.25) is 5.02 Å². The van der Waals surface area contributed by atoms with Crippen molar-refractivity contribution in [3.05, 3.63) is 34.6 Å². The van der Waals surface area contributed by atoms with Crippen LogP contribution >= 0.6 is 11.6 Å². The van der Waals surface area contributed by atoms with Crippen molar-refractivity contribution in [3.63, 3.8) is 0 Å². The van der Waals surface area contributed by atoms with Crippen molar-refractivity contribution < 1.29 is 12.8 Å². The second-order valence-corrected chi connectivity index (χ2v) is 7.34. The number of hydrogen-bond acceptors (Lipinski definition) is 3. The van der Waals surface area contributed by atoms with Crippen LogP contribution in [0.25, 0.3) is 0 Å². The van der Waals surface area contributed by atoms with Crippen molar-refractivity contribution in [2.24, 2.45) is 0 Å². The van der Waals surface area contributed by atoms with Gasteiger partial charge in [0.15, 0.2) is 0 Å². The second kappa shape index (κ2) is 8.08. The number of hydrogen-bond donors (Lipinski definition) is 1. The molecule has 1 aromatic carbocycles. The zero-order chi connectivity index (χ0) is 16.0. The first-order valence-electron chi connectivity index (χ1n) is 6.89. The van der Waals surface area contributed by atoms with Gasteiger partial charge in [0.25, 0.3) is 0 Å². The van der Waals surface area contributed by atoms with Gasteiger partial charge in [-0.2, -0.15) is 0 Å². The number of rotatable bonds is 8. The van der Waals surface area contributed by atoms with E-state index in [9.17, 15) is 12.8 Å². The highest BCUT2D eigenvalue weighted by molar-refractivity contribution is 7.88. The SMILES string of the molecule is CCN(CCCNC(C)c1ccc(F)cc1Cl)S(C)(=O)=O. The van der Waals surface area contributed by atoms with Crippen LogP contribution in [0.1, 0.15) is 31.9 Å². The average molecular weight is 337 g/mol. The minimum absolute atomic E-state index is 0.0218. The third-order valence-corrected chi connectivity index (χ3v) is 4.99. The fourth-order valence-corrected chi connectivity index (χ4v) is 3.36. The fraction of sp³-hybridized carbons (Fsp3) is 0.571. The van der Waals surface area contributed by atoms with E-state index in [0.29, 0.717) is 31.1 Å². The fourth-order valence-electron chi connectivity index (χ4n) is 2.10. The molecule has 1 N–H and O–H groups in total.